The van der Waals surface area contributed by atoms with Crippen LogP contribution in [0.25, 0.3) is 10.8 Å². The Labute approximate surface area is 142 Å². The molecule has 0 radical (unpaired) electrons. The van der Waals surface area contributed by atoms with Crippen LogP contribution in [-0.2, 0) is 4.79 Å². The third kappa shape index (κ3) is 2.60. The number of β-amino-alcohol motifs (C(OH)–C–C–N with tert-alkyl or cyclic N) is 1. The van der Waals surface area contributed by atoms with Crippen molar-refractivity contribution in [3.05, 3.63) is 48.0 Å². The number of carbonyl (C=O) groups is 1. The first kappa shape index (κ1) is 15.6. The zero-order valence-corrected chi connectivity index (χ0v) is 13.8. The van der Waals surface area contributed by atoms with E-state index in [1.54, 1.807) is 4.90 Å². The number of fused-ring (bicyclic) bond motifs is 1. The van der Waals surface area contributed by atoms with Gasteiger partial charge in [0, 0.05) is 19.0 Å². The number of likely N-dealkylation sites (tertiary alicyclic amines) is 1. The molecule has 2 fully saturated rings. The average Bonchev–Trinajstić information content (AvgIpc) is 2.58. The Kier molecular flexibility index (Phi) is 3.82. The van der Waals surface area contributed by atoms with E-state index in [-0.39, 0.29) is 11.8 Å². The summed E-state index contributed by atoms with van der Waals surface area (Å²) in [7, 11) is 0. The van der Waals surface area contributed by atoms with Gasteiger partial charge in [0.05, 0.1) is 11.6 Å². The lowest BCUT2D eigenvalue weighted by molar-refractivity contribution is -0.143. The van der Waals surface area contributed by atoms with Crippen molar-refractivity contribution in [3.8, 4) is 0 Å². The van der Waals surface area contributed by atoms with Crippen LogP contribution in [0.4, 0.5) is 0 Å². The number of carbonyl (C=O) groups excluding carboxylic acids is 1. The number of nitrogens with two attached hydrogens (primary N) is 1. The van der Waals surface area contributed by atoms with E-state index in [4.69, 9.17) is 5.73 Å². The number of aliphatic hydroxyl groups is 1. The highest BCUT2D eigenvalue weighted by atomic mass is 16.3. The number of nitrogens with zero attached hydrogens (tertiary/aromatic N) is 1. The lowest BCUT2D eigenvalue weighted by Gasteiger charge is -2.44. The Hall–Kier alpha value is -1.91. The van der Waals surface area contributed by atoms with Gasteiger partial charge in [-0.3, -0.25) is 4.79 Å². The number of aliphatic hydroxyl groups excluding tert-OH is 1. The summed E-state index contributed by atoms with van der Waals surface area (Å²) in [6, 6.07) is 14.6. The first-order valence-electron chi connectivity index (χ1n) is 8.82. The molecule has 2 aliphatic rings. The molecule has 2 aromatic carbocycles. The molecule has 126 valence electrons. The molecule has 24 heavy (non-hydrogen) atoms. The molecule has 1 aliphatic carbocycles. The molecular weight excluding hydrogens is 300 g/mol. The third-order valence-electron chi connectivity index (χ3n) is 5.74. The Balaban J connectivity index is 1.50. The third-order valence-corrected chi connectivity index (χ3v) is 5.74. The monoisotopic (exact) mass is 324 g/mol. The van der Waals surface area contributed by atoms with Crippen LogP contribution in [-0.4, -0.2) is 40.6 Å². The molecule has 4 rings (SSSR count). The SMILES string of the molecule is NC1(C(=O)N2CC[C@@H](c3ccc4ccccc4c3)[C@H](O)C2)CCC1. The number of benzene rings is 2. The van der Waals surface area contributed by atoms with Crippen molar-refractivity contribution in [1.29, 1.82) is 0 Å². The Bertz CT molecular complexity index is 769. The Morgan fingerprint density at radius 2 is 1.92 bits per heavy atom. The van der Waals surface area contributed by atoms with Crippen LogP contribution < -0.4 is 5.73 Å². The number of amides is 1. The first-order chi connectivity index (χ1) is 11.6. The summed E-state index contributed by atoms with van der Waals surface area (Å²) in [4.78, 5) is 14.3. The van der Waals surface area contributed by atoms with Crippen molar-refractivity contribution in [1.82, 2.24) is 4.90 Å². The van der Waals surface area contributed by atoms with Crippen molar-refractivity contribution in [3.63, 3.8) is 0 Å². The maximum Gasteiger partial charge on any atom is 0.242 e. The van der Waals surface area contributed by atoms with Gasteiger partial charge in [-0.2, -0.15) is 0 Å². The summed E-state index contributed by atoms with van der Waals surface area (Å²) in [5.41, 5.74) is 6.64. The number of hydrogen-bond acceptors (Lipinski definition) is 3. The van der Waals surface area contributed by atoms with E-state index in [0.29, 0.717) is 13.1 Å². The molecule has 1 amide bonds. The van der Waals surface area contributed by atoms with Gasteiger partial charge in [0.2, 0.25) is 5.91 Å². The molecule has 4 heteroatoms. The van der Waals surface area contributed by atoms with Gasteiger partial charge in [-0.15, -0.1) is 0 Å². The van der Waals surface area contributed by atoms with Crippen molar-refractivity contribution in [2.24, 2.45) is 5.73 Å². The molecule has 3 N–H and O–H groups in total. The molecule has 2 atom stereocenters. The molecule has 2 aromatic rings. The second kappa shape index (κ2) is 5.87. The summed E-state index contributed by atoms with van der Waals surface area (Å²) in [6.45, 7) is 1.06. The van der Waals surface area contributed by atoms with Gasteiger partial charge in [-0.05, 0) is 42.0 Å². The summed E-state index contributed by atoms with van der Waals surface area (Å²) < 4.78 is 0. The molecule has 0 unspecified atom stereocenters. The number of piperidine rings is 1. The standard InChI is InChI=1S/C20H24N2O2/c21-20(9-3-10-20)19(24)22-11-8-17(18(23)13-22)16-7-6-14-4-1-2-5-15(14)12-16/h1-2,4-7,12,17-18,23H,3,8-11,13,21H2/t17-,18+/m0/s1. The molecule has 0 spiro atoms. The van der Waals surface area contributed by atoms with Crippen molar-refractivity contribution >= 4 is 16.7 Å². The van der Waals surface area contributed by atoms with Crippen molar-refractivity contribution in [2.45, 2.75) is 43.2 Å². The molecule has 1 heterocycles. The minimum absolute atomic E-state index is 0.0183. The van der Waals surface area contributed by atoms with Gasteiger partial charge in [0.25, 0.3) is 0 Å². The summed E-state index contributed by atoms with van der Waals surface area (Å²) in [5.74, 6) is 0.0959. The van der Waals surface area contributed by atoms with Crippen LogP contribution in [0.1, 0.15) is 37.2 Å². The summed E-state index contributed by atoms with van der Waals surface area (Å²) in [6.07, 6.45) is 2.81. The van der Waals surface area contributed by atoms with Gasteiger partial charge in [0.15, 0.2) is 0 Å². The fraction of sp³-hybridized carbons (Fsp3) is 0.450. The fourth-order valence-corrected chi connectivity index (χ4v) is 4.03. The Morgan fingerprint density at radius 3 is 2.58 bits per heavy atom. The number of hydrogen-bond donors (Lipinski definition) is 2. The van der Waals surface area contributed by atoms with Gasteiger partial charge in [-0.25, -0.2) is 0 Å². The van der Waals surface area contributed by atoms with Gasteiger partial charge >= 0.3 is 0 Å². The van der Waals surface area contributed by atoms with Gasteiger partial charge in [-0.1, -0.05) is 42.5 Å². The highest BCUT2D eigenvalue weighted by molar-refractivity contribution is 5.87. The quantitative estimate of drug-likeness (QED) is 0.891. The highest BCUT2D eigenvalue weighted by Gasteiger charge is 2.44. The van der Waals surface area contributed by atoms with E-state index in [1.165, 1.54) is 10.8 Å². The maximum absolute atomic E-state index is 12.6. The van der Waals surface area contributed by atoms with E-state index >= 15 is 0 Å². The molecule has 4 nitrogen and oxygen atoms in total. The topological polar surface area (TPSA) is 66.6 Å². The zero-order chi connectivity index (χ0) is 16.7. The second-order valence-electron chi connectivity index (χ2n) is 7.33. The van der Waals surface area contributed by atoms with E-state index in [1.807, 2.05) is 12.1 Å². The minimum Gasteiger partial charge on any atom is -0.391 e. The molecule has 1 saturated carbocycles. The first-order valence-corrected chi connectivity index (χ1v) is 8.82. The molecule has 1 saturated heterocycles. The Morgan fingerprint density at radius 1 is 1.17 bits per heavy atom. The van der Waals surface area contributed by atoms with E-state index < -0.39 is 11.6 Å². The minimum atomic E-state index is -0.671. The van der Waals surface area contributed by atoms with Crippen LogP contribution in [0.5, 0.6) is 0 Å². The lowest BCUT2D eigenvalue weighted by Crippen LogP contribution is -2.61. The maximum atomic E-state index is 12.6. The van der Waals surface area contributed by atoms with Crippen LogP contribution in [0.2, 0.25) is 0 Å². The van der Waals surface area contributed by atoms with Crippen LogP contribution in [0.3, 0.4) is 0 Å². The zero-order valence-electron chi connectivity index (χ0n) is 13.8. The predicted octanol–water partition coefficient (Wildman–Crippen LogP) is 2.40. The van der Waals surface area contributed by atoms with Crippen molar-refractivity contribution in [2.75, 3.05) is 13.1 Å². The molecule has 0 bridgehead atoms. The smallest absolute Gasteiger partial charge is 0.242 e. The van der Waals surface area contributed by atoms with Crippen molar-refractivity contribution < 1.29 is 9.90 Å². The molecule has 0 aromatic heterocycles. The predicted molar refractivity (Wildman–Crippen MR) is 94.7 cm³/mol. The normalized spacial score (nSPS) is 26.2. The molecular formula is C20H24N2O2. The largest absolute Gasteiger partial charge is 0.391 e. The second-order valence-corrected chi connectivity index (χ2v) is 7.33. The van der Waals surface area contributed by atoms with Gasteiger partial charge in [0.1, 0.15) is 0 Å². The lowest BCUT2D eigenvalue weighted by atomic mass is 9.76. The summed E-state index contributed by atoms with van der Waals surface area (Å²) >= 11 is 0. The van der Waals surface area contributed by atoms with E-state index in [9.17, 15) is 9.90 Å². The average molecular weight is 324 g/mol. The van der Waals surface area contributed by atoms with Crippen LogP contribution in [0, 0.1) is 0 Å². The molecule has 1 aliphatic heterocycles. The van der Waals surface area contributed by atoms with E-state index in [0.717, 1.165) is 31.2 Å². The van der Waals surface area contributed by atoms with Crippen LogP contribution in [0.15, 0.2) is 42.5 Å². The number of rotatable bonds is 2. The van der Waals surface area contributed by atoms with E-state index in [2.05, 4.69) is 30.3 Å². The van der Waals surface area contributed by atoms with Gasteiger partial charge < -0.3 is 15.7 Å². The van der Waals surface area contributed by atoms with Crippen LogP contribution >= 0.6 is 0 Å². The fourth-order valence-electron chi connectivity index (χ4n) is 4.03. The summed E-state index contributed by atoms with van der Waals surface area (Å²) in [5, 5.41) is 13.0. The highest BCUT2D eigenvalue weighted by Crippen LogP contribution is 2.35.